The van der Waals surface area contributed by atoms with E-state index in [0.29, 0.717) is 11.2 Å². The molecule has 26 heavy (non-hydrogen) atoms. The number of hydrogen-bond acceptors (Lipinski definition) is 3. The summed E-state index contributed by atoms with van der Waals surface area (Å²) in [6, 6.07) is 24.3. The van der Waals surface area contributed by atoms with Crippen LogP contribution in [0.25, 0.3) is 43.8 Å². The minimum atomic E-state index is -0.0291. The normalized spacial score (nSPS) is 11.4. The van der Waals surface area contributed by atoms with Gasteiger partial charge in [0.25, 0.3) is 0 Å². The van der Waals surface area contributed by atoms with E-state index in [1.165, 1.54) is 0 Å². The number of rotatable bonds is 1. The number of benzene rings is 4. The molecule has 0 saturated carbocycles. The summed E-state index contributed by atoms with van der Waals surface area (Å²) >= 11 is 0. The lowest BCUT2D eigenvalue weighted by Gasteiger charge is -2.12. The minimum Gasteiger partial charge on any atom is -0.508 e. The van der Waals surface area contributed by atoms with Crippen molar-refractivity contribution in [2.45, 2.75) is 0 Å². The Kier molecular flexibility index (Phi) is 3.09. The Morgan fingerprint density at radius 3 is 2.35 bits per heavy atom. The molecule has 0 unspecified atom stereocenters. The smallest absolute Gasteiger partial charge is 0.179 e. The molecule has 1 aromatic heterocycles. The molecule has 0 radical (unpaired) electrons. The first-order valence-corrected chi connectivity index (χ1v) is 8.38. The van der Waals surface area contributed by atoms with E-state index in [0.717, 1.165) is 32.7 Å². The van der Waals surface area contributed by atoms with Gasteiger partial charge in [0.05, 0.1) is 0 Å². The van der Waals surface area contributed by atoms with Crippen LogP contribution in [-0.2, 0) is 0 Å². The first-order chi connectivity index (χ1) is 12.7. The summed E-state index contributed by atoms with van der Waals surface area (Å²) in [6.45, 7) is 0. The second-order valence-corrected chi connectivity index (χ2v) is 6.38. The van der Waals surface area contributed by atoms with Crippen LogP contribution in [-0.4, -0.2) is 5.11 Å². The molecule has 4 aromatic carbocycles. The molecule has 0 bridgehead atoms. The third-order valence-electron chi connectivity index (χ3n) is 4.70. The Morgan fingerprint density at radius 1 is 0.692 bits per heavy atom. The van der Waals surface area contributed by atoms with Gasteiger partial charge in [0.15, 0.2) is 5.43 Å². The van der Waals surface area contributed by atoms with E-state index in [1.807, 2.05) is 36.4 Å². The number of phenols is 1. The van der Waals surface area contributed by atoms with Gasteiger partial charge >= 0.3 is 0 Å². The molecule has 0 spiro atoms. The van der Waals surface area contributed by atoms with E-state index in [-0.39, 0.29) is 11.2 Å². The SMILES string of the molecule is O=c1ccc2cc3c(-c4ccccc4)c4ccc(O)cc4oc3cc2c1. The summed E-state index contributed by atoms with van der Waals surface area (Å²) in [6.07, 6.45) is 0. The average Bonchev–Trinajstić information content (AvgIpc) is 2.65. The van der Waals surface area contributed by atoms with Crippen LogP contribution in [0, 0.1) is 0 Å². The van der Waals surface area contributed by atoms with E-state index in [9.17, 15) is 9.90 Å². The maximum absolute atomic E-state index is 11.7. The predicted octanol–water partition coefficient (Wildman–Crippen LogP) is 5.47. The molecule has 0 amide bonds. The van der Waals surface area contributed by atoms with Gasteiger partial charge in [-0.2, -0.15) is 0 Å². The zero-order valence-electron chi connectivity index (χ0n) is 13.8. The highest BCUT2D eigenvalue weighted by Crippen LogP contribution is 2.38. The topological polar surface area (TPSA) is 50.4 Å². The van der Waals surface area contributed by atoms with E-state index < -0.39 is 0 Å². The van der Waals surface area contributed by atoms with Gasteiger partial charge in [-0.25, -0.2) is 0 Å². The fourth-order valence-corrected chi connectivity index (χ4v) is 3.52. The third kappa shape index (κ3) is 2.25. The van der Waals surface area contributed by atoms with Crippen molar-refractivity contribution in [3.63, 3.8) is 0 Å². The van der Waals surface area contributed by atoms with Gasteiger partial charge < -0.3 is 9.52 Å². The molecular weight excluding hydrogens is 324 g/mol. The fraction of sp³-hybridized carbons (Fsp3) is 0. The first kappa shape index (κ1) is 14.7. The van der Waals surface area contributed by atoms with Gasteiger partial charge in [-0.3, -0.25) is 4.79 Å². The molecule has 0 saturated heterocycles. The molecule has 0 atom stereocenters. The largest absolute Gasteiger partial charge is 0.508 e. The highest BCUT2D eigenvalue weighted by atomic mass is 16.3. The fourth-order valence-electron chi connectivity index (χ4n) is 3.52. The van der Waals surface area contributed by atoms with Gasteiger partial charge in [0.2, 0.25) is 0 Å². The lowest BCUT2D eigenvalue weighted by molar-refractivity contribution is 0.474. The highest BCUT2D eigenvalue weighted by Gasteiger charge is 2.13. The molecular formula is C23H14O3. The maximum atomic E-state index is 11.7. The van der Waals surface area contributed by atoms with Crippen molar-refractivity contribution >= 4 is 32.7 Å². The Hall–Kier alpha value is -3.59. The molecule has 5 aromatic rings. The van der Waals surface area contributed by atoms with Crippen molar-refractivity contribution in [1.82, 2.24) is 0 Å². The minimum absolute atomic E-state index is 0.0291. The van der Waals surface area contributed by atoms with Gasteiger partial charge in [-0.15, -0.1) is 0 Å². The van der Waals surface area contributed by atoms with E-state index in [4.69, 9.17) is 4.42 Å². The van der Waals surface area contributed by atoms with E-state index in [2.05, 4.69) is 18.2 Å². The number of aromatic hydroxyl groups is 1. The van der Waals surface area contributed by atoms with Crippen molar-refractivity contribution in [2.75, 3.05) is 0 Å². The second kappa shape index (κ2) is 5.46. The molecule has 0 aliphatic rings. The highest BCUT2D eigenvalue weighted by molar-refractivity contribution is 6.11. The molecule has 0 fully saturated rings. The van der Waals surface area contributed by atoms with Crippen LogP contribution in [0.2, 0.25) is 0 Å². The Labute approximate surface area is 148 Å². The van der Waals surface area contributed by atoms with Crippen LogP contribution in [0.3, 0.4) is 0 Å². The average molecular weight is 338 g/mol. The zero-order valence-corrected chi connectivity index (χ0v) is 13.8. The maximum Gasteiger partial charge on any atom is 0.179 e. The molecule has 0 aliphatic carbocycles. The predicted molar refractivity (Wildman–Crippen MR) is 105 cm³/mol. The summed E-state index contributed by atoms with van der Waals surface area (Å²) < 4.78 is 6.08. The monoisotopic (exact) mass is 338 g/mol. The number of hydrogen-bond donors (Lipinski definition) is 1. The second-order valence-electron chi connectivity index (χ2n) is 6.38. The van der Waals surface area contributed by atoms with Crippen LogP contribution in [0.4, 0.5) is 0 Å². The third-order valence-corrected chi connectivity index (χ3v) is 4.70. The Morgan fingerprint density at radius 2 is 1.50 bits per heavy atom. The molecule has 5 rings (SSSR count). The number of fused-ring (bicyclic) bond motifs is 3. The van der Waals surface area contributed by atoms with Crippen molar-refractivity contribution in [3.8, 4) is 16.9 Å². The standard InChI is InChI=1S/C23H14O3/c24-17-7-6-15-11-20-21(12-16(15)10-17)26-22-13-18(25)8-9-19(22)23(20)14-4-2-1-3-5-14/h1-13,25H. The molecule has 1 heterocycles. The van der Waals surface area contributed by atoms with E-state index >= 15 is 0 Å². The van der Waals surface area contributed by atoms with Gasteiger partial charge in [0.1, 0.15) is 16.9 Å². The molecule has 0 aliphatic heterocycles. The lowest BCUT2D eigenvalue weighted by atomic mass is 9.95. The number of phenolic OH excluding ortho intramolecular Hbond substituents is 1. The summed E-state index contributed by atoms with van der Waals surface area (Å²) in [7, 11) is 0. The van der Waals surface area contributed by atoms with Crippen molar-refractivity contribution < 1.29 is 9.52 Å². The van der Waals surface area contributed by atoms with Gasteiger partial charge in [-0.1, -0.05) is 36.4 Å². The van der Waals surface area contributed by atoms with Crippen LogP contribution in [0.15, 0.2) is 88.1 Å². The quantitative estimate of drug-likeness (QED) is 0.412. The van der Waals surface area contributed by atoms with Crippen LogP contribution >= 0.6 is 0 Å². The molecule has 1 N–H and O–H groups in total. The summed E-state index contributed by atoms with van der Waals surface area (Å²) in [5.74, 6) is 0.155. The van der Waals surface area contributed by atoms with Gasteiger partial charge in [0, 0.05) is 22.4 Å². The van der Waals surface area contributed by atoms with Gasteiger partial charge in [-0.05, 0) is 52.7 Å². The summed E-state index contributed by atoms with van der Waals surface area (Å²) in [5.41, 5.74) is 3.38. The zero-order chi connectivity index (χ0) is 17.7. The molecule has 124 valence electrons. The van der Waals surface area contributed by atoms with E-state index in [1.54, 1.807) is 24.3 Å². The van der Waals surface area contributed by atoms with Crippen molar-refractivity contribution in [1.29, 1.82) is 0 Å². The van der Waals surface area contributed by atoms with Crippen molar-refractivity contribution in [3.05, 3.63) is 89.1 Å². The van der Waals surface area contributed by atoms with Crippen LogP contribution in [0.1, 0.15) is 0 Å². The van der Waals surface area contributed by atoms with Crippen LogP contribution in [0.5, 0.6) is 5.75 Å². The molecule has 3 heteroatoms. The Bertz CT molecular complexity index is 1350. The summed E-state index contributed by atoms with van der Waals surface area (Å²) in [5, 5.41) is 13.6. The lowest BCUT2D eigenvalue weighted by Crippen LogP contribution is -1.94. The Balaban J connectivity index is 2.01. The first-order valence-electron chi connectivity index (χ1n) is 8.38. The van der Waals surface area contributed by atoms with Crippen molar-refractivity contribution in [2.24, 2.45) is 0 Å². The summed E-state index contributed by atoms with van der Waals surface area (Å²) in [4.78, 5) is 11.7. The van der Waals surface area contributed by atoms with Crippen LogP contribution < -0.4 is 5.43 Å². The molecule has 3 nitrogen and oxygen atoms in total.